The van der Waals surface area contributed by atoms with Crippen LogP contribution in [0.3, 0.4) is 0 Å². The lowest BCUT2D eigenvalue weighted by Crippen LogP contribution is -2.53. The molecule has 0 aromatic heterocycles. The molecule has 2 aliphatic heterocycles. The van der Waals surface area contributed by atoms with E-state index in [0.717, 1.165) is 32.6 Å². The van der Waals surface area contributed by atoms with Crippen LogP contribution >= 0.6 is 0 Å². The van der Waals surface area contributed by atoms with Gasteiger partial charge in [-0.25, -0.2) is 0 Å². The van der Waals surface area contributed by atoms with Crippen molar-refractivity contribution in [3.8, 4) is 0 Å². The van der Waals surface area contributed by atoms with Gasteiger partial charge in [0.05, 0.1) is 6.17 Å². The van der Waals surface area contributed by atoms with Crippen LogP contribution in [0.15, 0.2) is 30.3 Å². The van der Waals surface area contributed by atoms with E-state index < -0.39 is 0 Å². The highest BCUT2D eigenvalue weighted by Crippen LogP contribution is 2.18. The maximum absolute atomic E-state index is 11.2. The fourth-order valence-electron chi connectivity index (χ4n) is 2.80. The van der Waals surface area contributed by atoms with Gasteiger partial charge < -0.3 is 10.2 Å². The SMILES string of the molecule is O=C1CC[C@H](N2CCN(c3ccccc3)CC2)N1. The normalized spacial score (nSPS) is 25.2. The van der Waals surface area contributed by atoms with Crippen LogP contribution in [-0.2, 0) is 4.79 Å². The van der Waals surface area contributed by atoms with E-state index in [9.17, 15) is 4.79 Å². The average Bonchev–Trinajstić information content (AvgIpc) is 2.87. The molecule has 3 rings (SSSR count). The van der Waals surface area contributed by atoms with E-state index in [1.54, 1.807) is 0 Å². The summed E-state index contributed by atoms with van der Waals surface area (Å²) in [7, 11) is 0. The van der Waals surface area contributed by atoms with Crippen LogP contribution in [-0.4, -0.2) is 43.2 Å². The van der Waals surface area contributed by atoms with E-state index in [1.807, 2.05) is 6.07 Å². The first-order valence-corrected chi connectivity index (χ1v) is 6.66. The summed E-state index contributed by atoms with van der Waals surface area (Å²) in [6, 6.07) is 10.5. The predicted molar refractivity (Wildman–Crippen MR) is 71.4 cm³/mol. The number of hydrogen-bond acceptors (Lipinski definition) is 3. The van der Waals surface area contributed by atoms with Crippen molar-refractivity contribution in [3.05, 3.63) is 30.3 Å². The van der Waals surface area contributed by atoms with Gasteiger partial charge in [0, 0.05) is 38.3 Å². The van der Waals surface area contributed by atoms with Crippen molar-refractivity contribution in [2.75, 3.05) is 31.1 Å². The summed E-state index contributed by atoms with van der Waals surface area (Å²) in [4.78, 5) is 16.0. The van der Waals surface area contributed by atoms with Crippen molar-refractivity contribution in [2.24, 2.45) is 0 Å². The van der Waals surface area contributed by atoms with Crippen LogP contribution in [0.5, 0.6) is 0 Å². The second-order valence-electron chi connectivity index (χ2n) is 4.98. The molecule has 0 unspecified atom stereocenters. The first kappa shape index (κ1) is 11.5. The van der Waals surface area contributed by atoms with Crippen molar-refractivity contribution < 1.29 is 4.79 Å². The standard InChI is InChI=1S/C14H19N3O/c18-14-7-6-13(15-14)17-10-8-16(9-11-17)12-4-2-1-3-5-12/h1-5,13H,6-11H2,(H,15,18)/t13-/m0/s1. The van der Waals surface area contributed by atoms with Crippen molar-refractivity contribution >= 4 is 11.6 Å². The highest BCUT2D eigenvalue weighted by molar-refractivity contribution is 5.78. The Bertz CT molecular complexity index is 412. The second-order valence-corrected chi connectivity index (χ2v) is 4.98. The molecule has 4 heteroatoms. The maximum atomic E-state index is 11.2. The molecule has 1 aromatic carbocycles. The molecular weight excluding hydrogens is 226 g/mol. The van der Waals surface area contributed by atoms with Gasteiger partial charge in [-0.15, -0.1) is 0 Å². The molecule has 96 valence electrons. The molecule has 1 amide bonds. The smallest absolute Gasteiger partial charge is 0.221 e. The zero-order chi connectivity index (χ0) is 12.4. The van der Waals surface area contributed by atoms with Crippen molar-refractivity contribution in [3.63, 3.8) is 0 Å². The number of benzene rings is 1. The Balaban J connectivity index is 1.57. The zero-order valence-electron chi connectivity index (χ0n) is 10.5. The zero-order valence-corrected chi connectivity index (χ0v) is 10.5. The molecule has 2 heterocycles. The molecule has 1 N–H and O–H groups in total. The number of piperazine rings is 1. The van der Waals surface area contributed by atoms with E-state index in [4.69, 9.17) is 0 Å². The van der Waals surface area contributed by atoms with Crippen molar-refractivity contribution in [1.82, 2.24) is 10.2 Å². The average molecular weight is 245 g/mol. The summed E-state index contributed by atoms with van der Waals surface area (Å²) in [6.45, 7) is 4.13. The molecule has 1 aromatic rings. The maximum Gasteiger partial charge on any atom is 0.221 e. The highest BCUT2D eigenvalue weighted by atomic mass is 16.2. The first-order valence-electron chi connectivity index (χ1n) is 6.66. The van der Waals surface area contributed by atoms with E-state index in [-0.39, 0.29) is 12.1 Å². The largest absolute Gasteiger partial charge is 0.369 e. The third-order valence-electron chi connectivity index (χ3n) is 3.85. The molecule has 4 nitrogen and oxygen atoms in total. The number of anilines is 1. The van der Waals surface area contributed by atoms with Gasteiger partial charge in [-0.1, -0.05) is 18.2 Å². The quantitative estimate of drug-likeness (QED) is 0.846. The predicted octanol–water partition coefficient (Wildman–Crippen LogP) is 1.04. The number of rotatable bonds is 2. The van der Waals surface area contributed by atoms with Gasteiger partial charge in [-0.3, -0.25) is 9.69 Å². The van der Waals surface area contributed by atoms with Gasteiger partial charge in [-0.05, 0) is 18.6 Å². The molecule has 2 saturated heterocycles. The summed E-state index contributed by atoms with van der Waals surface area (Å²) >= 11 is 0. The third-order valence-corrected chi connectivity index (χ3v) is 3.85. The minimum absolute atomic E-state index is 0.200. The Morgan fingerprint density at radius 2 is 1.78 bits per heavy atom. The fraction of sp³-hybridized carbons (Fsp3) is 0.500. The molecule has 0 bridgehead atoms. The van der Waals surface area contributed by atoms with Crippen LogP contribution in [0.1, 0.15) is 12.8 Å². The monoisotopic (exact) mass is 245 g/mol. The van der Waals surface area contributed by atoms with Crippen LogP contribution in [0.4, 0.5) is 5.69 Å². The van der Waals surface area contributed by atoms with Gasteiger partial charge in [0.15, 0.2) is 0 Å². The molecule has 0 aliphatic carbocycles. The van der Waals surface area contributed by atoms with Gasteiger partial charge in [0.1, 0.15) is 0 Å². The number of para-hydroxylation sites is 1. The summed E-state index contributed by atoms with van der Waals surface area (Å²) < 4.78 is 0. The number of carbonyl (C=O) groups is 1. The molecule has 0 spiro atoms. The molecule has 0 radical (unpaired) electrons. The lowest BCUT2D eigenvalue weighted by Gasteiger charge is -2.38. The van der Waals surface area contributed by atoms with E-state index in [2.05, 4.69) is 39.4 Å². The Kier molecular flexibility index (Phi) is 3.19. The van der Waals surface area contributed by atoms with Gasteiger partial charge in [0.2, 0.25) is 5.91 Å². The molecule has 1 atom stereocenters. The Labute approximate surface area is 108 Å². The minimum atomic E-state index is 0.200. The number of amides is 1. The molecule has 2 aliphatic rings. The summed E-state index contributed by atoms with van der Waals surface area (Å²) in [5.41, 5.74) is 1.30. The van der Waals surface area contributed by atoms with Gasteiger partial charge in [-0.2, -0.15) is 0 Å². The van der Waals surface area contributed by atoms with Gasteiger partial charge >= 0.3 is 0 Å². The lowest BCUT2D eigenvalue weighted by atomic mass is 10.2. The van der Waals surface area contributed by atoms with Crippen LogP contribution in [0.25, 0.3) is 0 Å². The molecule has 2 fully saturated rings. The summed E-state index contributed by atoms with van der Waals surface area (Å²) in [5, 5.41) is 3.05. The van der Waals surface area contributed by atoms with Crippen LogP contribution in [0.2, 0.25) is 0 Å². The minimum Gasteiger partial charge on any atom is -0.369 e. The highest BCUT2D eigenvalue weighted by Gasteiger charge is 2.29. The Hall–Kier alpha value is -1.55. The summed E-state index contributed by atoms with van der Waals surface area (Å²) in [5.74, 6) is 0.200. The van der Waals surface area contributed by atoms with E-state index in [0.29, 0.717) is 6.42 Å². The Morgan fingerprint density at radius 3 is 2.39 bits per heavy atom. The van der Waals surface area contributed by atoms with Crippen LogP contribution in [0, 0.1) is 0 Å². The molecular formula is C14H19N3O. The van der Waals surface area contributed by atoms with Crippen LogP contribution < -0.4 is 10.2 Å². The molecule has 0 saturated carbocycles. The molecule has 18 heavy (non-hydrogen) atoms. The van der Waals surface area contributed by atoms with Crippen molar-refractivity contribution in [2.45, 2.75) is 19.0 Å². The van der Waals surface area contributed by atoms with E-state index in [1.165, 1.54) is 5.69 Å². The third kappa shape index (κ3) is 2.34. The van der Waals surface area contributed by atoms with Crippen molar-refractivity contribution in [1.29, 1.82) is 0 Å². The fourth-order valence-corrected chi connectivity index (χ4v) is 2.80. The Morgan fingerprint density at radius 1 is 1.06 bits per heavy atom. The van der Waals surface area contributed by atoms with E-state index >= 15 is 0 Å². The topological polar surface area (TPSA) is 35.6 Å². The number of nitrogens with zero attached hydrogens (tertiary/aromatic N) is 2. The summed E-state index contributed by atoms with van der Waals surface area (Å²) in [6.07, 6.45) is 1.92. The number of nitrogens with one attached hydrogen (secondary N) is 1. The lowest BCUT2D eigenvalue weighted by molar-refractivity contribution is -0.119. The second kappa shape index (κ2) is 4.98. The number of carbonyl (C=O) groups excluding carboxylic acids is 1. The first-order chi connectivity index (χ1) is 8.83. The van der Waals surface area contributed by atoms with Gasteiger partial charge in [0.25, 0.3) is 0 Å². The number of hydrogen-bond donors (Lipinski definition) is 1.